The summed E-state index contributed by atoms with van der Waals surface area (Å²) >= 11 is 0. The second-order valence-corrected chi connectivity index (χ2v) is 3.20. The molecule has 0 radical (unpaired) electrons. The standard InChI is InChI=1S/C12H13NO3/c1-15-11-7-9(4-3-5-14)6-10(8-13)12(11)16-2/h5-7H,3-4H2,1-2H3. The number of aldehydes is 1. The predicted molar refractivity (Wildman–Crippen MR) is 58.6 cm³/mol. The number of nitrogens with zero attached hydrogens (tertiary/aromatic N) is 1. The molecule has 0 aromatic heterocycles. The first-order valence-electron chi connectivity index (χ1n) is 4.85. The molecule has 0 N–H and O–H groups in total. The predicted octanol–water partition coefficient (Wildman–Crippen LogP) is 1.71. The normalized spacial score (nSPS) is 9.31. The van der Waals surface area contributed by atoms with Crippen LogP contribution in [0.4, 0.5) is 0 Å². The fourth-order valence-electron chi connectivity index (χ4n) is 1.47. The largest absolute Gasteiger partial charge is 0.493 e. The van der Waals surface area contributed by atoms with Crippen molar-refractivity contribution in [3.8, 4) is 17.6 Å². The van der Waals surface area contributed by atoms with Gasteiger partial charge >= 0.3 is 0 Å². The summed E-state index contributed by atoms with van der Waals surface area (Å²) in [5, 5.41) is 8.96. The van der Waals surface area contributed by atoms with Crippen LogP contribution in [0, 0.1) is 11.3 Å². The molecule has 4 heteroatoms. The highest BCUT2D eigenvalue weighted by Gasteiger charge is 2.11. The van der Waals surface area contributed by atoms with Crippen molar-refractivity contribution in [2.75, 3.05) is 14.2 Å². The number of hydrogen-bond donors (Lipinski definition) is 0. The van der Waals surface area contributed by atoms with Crippen molar-refractivity contribution in [3.63, 3.8) is 0 Å². The summed E-state index contributed by atoms with van der Waals surface area (Å²) in [6.45, 7) is 0. The summed E-state index contributed by atoms with van der Waals surface area (Å²) in [6.07, 6.45) is 1.88. The molecule has 84 valence electrons. The van der Waals surface area contributed by atoms with E-state index in [0.717, 1.165) is 11.8 Å². The average Bonchev–Trinajstić information content (AvgIpc) is 2.34. The van der Waals surface area contributed by atoms with E-state index in [2.05, 4.69) is 0 Å². The van der Waals surface area contributed by atoms with Crippen LogP contribution in [0.1, 0.15) is 17.5 Å². The molecular formula is C12H13NO3. The Morgan fingerprint density at radius 2 is 2.12 bits per heavy atom. The molecule has 4 nitrogen and oxygen atoms in total. The number of carbonyl (C=O) groups excluding carboxylic acids is 1. The van der Waals surface area contributed by atoms with Crippen LogP contribution in [0.3, 0.4) is 0 Å². The summed E-state index contributed by atoms with van der Waals surface area (Å²) in [4.78, 5) is 10.3. The minimum absolute atomic E-state index is 0.419. The Labute approximate surface area is 94.4 Å². The summed E-state index contributed by atoms with van der Waals surface area (Å²) in [7, 11) is 3.01. The van der Waals surface area contributed by atoms with Gasteiger partial charge in [0.25, 0.3) is 0 Å². The van der Waals surface area contributed by atoms with Gasteiger partial charge in [0.1, 0.15) is 12.4 Å². The molecule has 0 fully saturated rings. The van der Waals surface area contributed by atoms with Crippen LogP contribution in [0.5, 0.6) is 11.5 Å². The summed E-state index contributed by atoms with van der Waals surface area (Å²) in [5.41, 5.74) is 1.31. The minimum Gasteiger partial charge on any atom is -0.493 e. The summed E-state index contributed by atoms with van der Waals surface area (Å²) in [5.74, 6) is 0.947. The fraction of sp³-hybridized carbons (Fsp3) is 0.333. The zero-order chi connectivity index (χ0) is 12.0. The maximum absolute atomic E-state index is 10.3. The van der Waals surface area contributed by atoms with E-state index in [1.165, 1.54) is 14.2 Å². The molecule has 0 amide bonds. The average molecular weight is 219 g/mol. The number of nitriles is 1. The number of carbonyl (C=O) groups is 1. The van der Waals surface area contributed by atoms with E-state index in [1.54, 1.807) is 12.1 Å². The Hall–Kier alpha value is -2.02. The van der Waals surface area contributed by atoms with Crippen molar-refractivity contribution >= 4 is 6.29 Å². The third-order valence-electron chi connectivity index (χ3n) is 2.21. The van der Waals surface area contributed by atoms with Gasteiger partial charge in [-0.05, 0) is 24.1 Å². The van der Waals surface area contributed by atoms with Gasteiger partial charge in [0.2, 0.25) is 0 Å². The second-order valence-electron chi connectivity index (χ2n) is 3.20. The summed E-state index contributed by atoms with van der Waals surface area (Å²) < 4.78 is 10.2. The van der Waals surface area contributed by atoms with Crippen LogP contribution in [-0.4, -0.2) is 20.5 Å². The van der Waals surface area contributed by atoms with Gasteiger partial charge in [-0.25, -0.2) is 0 Å². The monoisotopic (exact) mass is 219 g/mol. The molecule has 0 aliphatic heterocycles. The van der Waals surface area contributed by atoms with Gasteiger partial charge in [-0.2, -0.15) is 5.26 Å². The molecule has 0 aliphatic carbocycles. The molecule has 1 aromatic carbocycles. The van der Waals surface area contributed by atoms with Crippen LogP contribution in [0.15, 0.2) is 12.1 Å². The van der Waals surface area contributed by atoms with Crippen molar-refractivity contribution in [2.45, 2.75) is 12.8 Å². The first-order valence-corrected chi connectivity index (χ1v) is 4.85. The van der Waals surface area contributed by atoms with Gasteiger partial charge < -0.3 is 14.3 Å². The van der Waals surface area contributed by atoms with Gasteiger partial charge in [-0.1, -0.05) is 0 Å². The van der Waals surface area contributed by atoms with Crippen molar-refractivity contribution in [3.05, 3.63) is 23.3 Å². The van der Waals surface area contributed by atoms with Gasteiger partial charge in [0.05, 0.1) is 19.8 Å². The molecule has 1 aromatic rings. The topological polar surface area (TPSA) is 59.3 Å². The van der Waals surface area contributed by atoms with Crippen LogP contribution in [-0.2, 0) is 11.2 Å². The Morgan fingerprint density at radius 1 is 1.38 bits per heavy atom. The smallest absolute Gasteiger partial charge is 0.178 e. The molecule has 0 atom stereocenters. The number of benzene rings is 1. The lowest BCUT2D eigenvalue weighted by Gasteiger charge is -2.10. The SMILES string of the molecule is COc1cc(CCC=O)cc(C#N)c1OC. The number of ether oxygens (including phenoxy) is 2. The van der Waals surface area contributed by atoms with Crippen LogP contribution in [0.2, 0.25) is 0 Å². The third kappa shape index (κ3) is 2.51. The van der Waals surface area contributed by atoms with Gasteiger partial charge in [-0.15, -0.1) is 0 Å². The molecule has 0 spiro atoms. The molecular weight excluding hydrogens is 206 g/mol. The zero-order valence-electron chi connectivity index (χ0n) is 9.32. The molecule has 0 unspecified atom stereocenters. The fourth-order valence-corrected chi connectivity index (χ4v) is 1.47. The highest BCUT2D eigenvalue weighted by Crippen LogP contribution is 2.32. The van der Waals surface area contributed by atoms with Crippen molar-refractivity contribution in [1.82, 2.24) is 0 Å². The van der Waals surface area contributed by atoms with Gasteiger partial charge in [-0.3, -0.25) is 0 Å². The Morgan fingerprint density at radius 3 is 2.62 bits per heavy atom. The highest BCUT2D eigenvalue weighted by atomic mass is 16.5. The Balaban J connectivity index is 3.16. The molecule has 16 heavy (non-hydrogen) atoms. The maximum atomic E-state index is 10.3. The number of aryl methyl sites for hydroxylation is 1. The quantitative estimate of drug-likeness (QED) is 0.707. The highest BCUT2D eigenvalue weighted by molar-refractivity contribution is 5.56. The number of methoxy groups -OCH3 is 2. The molecule has 0 aliphatic rings. The van der Waals surface area contributed by atoms with Crippen LogP contribution >= 0.6 is 0 Å². The molecule has 0 saturated carbocycles. The van der Waals surface area contributed by atoms with E-state index < -0.39 is 0 Å². The lowest BCUT2D eigenvalue weighted by molar-refractivity contribution is -0.107. The second kappa shape index (κ2) is 5.76. The van der Waals surface area contributed by atoms with Crippen LogP contribution in [0.25, 0.3) is 0 Å². The minimum atomic E-state index is 0.419. The number of hydrogen-bond acceptors (Lipinski definition) is 4. The van der Waals surface area contributed by atoms with E-state index in [1.807, 2.05) is 6.07 Å². The van der Waals surface area contributed by atoms with Crippen molar-refractivity contribution in [1.29, 1.82) is 5.26 Å². The molecule has 0 saturated heterocycles. The molecule has 0 bridgehead atoms. The summed E-state index contributed by atoms with van der Waals surface area (Å²) in [6, 6.07) is 5.54. The van der Waals surface area contributed by atoms with E-state index in [-0.39, 0.29) is 0 Å². The molecule has 0 heterocycles. The van der Waals surface area contributed by atoms with Gasteiger partial charge in [0, 0.05) is 6.42 Å². The number of rotatable bonds is 5. The Kier molecular flexibility index (Phi) is 4.34. The van der Waals surface area contributed by atoms with Gasteiger partial charge in [0.15, 0.2) is 11.5 Å². The lowest BCUT2D eigenvalue weighted by Crippen LogP contribution is -1.96. The molecule has 1 rings (SSSR count). The van der Waals surface area contributed by atoms with E-state index in [4.69, 9.17) is 14.7 Å². The van der Waals surface area contributed by atoms with Crippen molar-refractivity contribution < 1.29 is 14.3 Å². The first kappa shape index (κ1) is 12.1. The van der Waals surface area contributed by atoms with E-state index >= 15 is 0 Å². The first-order chi connectivity index (χ1) is 7.76. The zero-order valence-corrected chi connectivity index (χ0v) is 9.32. The lowest BCUT2D eigenvalue weighted by atomic mass is 10.1. The van der Waals surface area contributed by atoms with Crippen molar-refractivity contribution in [2.24, 2.45) is 0 Å². The maximum Gasteiger partial charge on any atom is 0.178 e. The van der Waals surface area contributed by atoms with Crippen LogP contribution < -0.4 is 9.47 Å². The Bertz CT molecular complexity index is 421. The van der Waals surface area contributed by atoms with E-state index in [0.29, 0.717) is 29.9 Å². The van der Waals surface area contributed by atoms with E-state index in [9.17, 15) is 4.79 Å². The third-order valence-corrected chi connectivity index (χ3v) is 2.21.